The first-order chi connectivity index (χ1) is 7.63. The molecule has 0 radical (unpaired) electrons. The fraction of sp³-hybridized carbons (Fsp3) is 0.417. The molecule has 1 aliphatic rings. The lowest BCUT2D eigenvalue weighted by Gasteiger charge is -2.34. The smallest absolute Gasteiger partial charge is 0.307 e. The van der Waals surface area contributed by atoms with Crippen LogP contribution in [0.1, 0.15) is 24.3 Å². The highest BCUT2D eigenvalue weighted by atomic mass is 19.1. The fourth-order valence-electron chi connectivity index (χ4n) is 2.16. The van der Waals surface area contributed by atoms with Crippen molar-refractivity contribution in [1.82, 2.24) is 0 Å². The third-order valence-corrected chi connectivity index (χ3v) is 3.18. The molecule has 1 saturated carbocycles. The van der Waals surface area contributed by atoms with Crippen LogP contribution < -0.4 is 4.74 Å². The van der Waals surface area contributed by atoms with E-state index in [2.05, 4.69) is 0 Å². The van der Waals surface area contributed by atoms with Gasteiger partial charge in [0.2, 0.25) is 0 Å². The fourth-order valence-corrected chi connectivity index (χ4v) is 2.16. The Labute approximate surface area is 92.9 Å². The Morgan fingerprint density at radius 2 is 2.25 bits per heavy atom. The van der Waals surface area contributed by atoms with E-state index >= 15 is 0 Å². The number of carboxylic acids is 1. The molecule has 0 saturated heterocycles. The van der Waals surface area contributed by atoms with Gasteiger partial charge in [0.05, 0.1) is 13.0 Å². The number of carboxylic acid groups (broad SMARTS) is 1. The lowest BCUT2D eigenvalue weighted by molar-refractivity contribution is -0.145. The number of aliphatic carboxylic acids is 1. The summed E-state index contributed by atoms with van der Waals surface area (Å²) in [6, 6.07) is 4.23. The second-order valence-electron chi connectivity index (χ2n) is 4.01. The molecule has 0 spiro atoms. The van der Waals surface area contributed by atoms with Crippen LogP contribution in [0.3, 0.4) is 0 Å². The Morgan fingerprint density at radius 1 is 1.50 bits per heavy atom. The Kier molecular flexibility index (Phi) is 2.81. The highest BCUT2D eigenvalue weighted by Crippen LogP contribution is 2.45. The summed E-state index contributed by atoms with van der Waals surface area (Å²) < 4.78 is 18.3. The van der Waals surface area contributed by atoms with Gasteiger partial charge in [-0.2, -0.15) is 0 Å². The van der Waals surface area contributed by atoms with Gasteiger partial charge in [0, 0.05) is 11.5 Å². The summed E-state index contributed by atoms with van der Waals surface area (Å²) in [6.07, 6.45) is 1.43. The summed E-state index contributed by atoms with van der Waals surface area (Å²) in [4.78, 5) is 10.9. The number of methoxy groups -OCH3 is 1. The molecular weight excluding hydrogens is 211 g/mol. The number of ether oxygens (including phenoxy) is 1. The van der Waals surface area contributed by atoms with Crippen LogP contribution in [0, 0.1) is 11.7 Å². The van der Waals surface area contributed by atoms with Gasteiger partial charge in [0.25, 0.3) is 0 Å². The molecule has 2 unspecified atom stereocenters. The van der Waals surface area contributed by atoms with Crippen LogP contribution in [-0.4, -0.2) is 18.2 Å². The summed E-state index contributed by atoms with van der Waals surface area (Å²) in [5.41, 5.74) is 0.668. The molecule has 86 valence electrons. The van der Waals surface area contributed by atoms with Crippen LogP contribution in [0.15, 0.2) is 18.2 Å². The first-order valence-corrected chi connectivity index (χ1v) is 5.19. The predicted molar refractivity (Wildman–Crippen MR) is 56.1 cm³/mol. The molecule has 1 aliphatic carbocycles. The number of benzene rings is 1. The number of hydrogen-bond acceptors (Lipinski definition) is 2. The zero-order valence-corrected chi connectivity index (χ0v) is 8.94. The van der Waals surface area contributed by atoms with Gasteiger partial charge in [-0.05, 0) is 31.0 Å². The normalized spacial score (nSPS) is 23.6. The third-order valence-electron chi connectivity index (χ3n) is 3.18. The number of hydrogen-bond donors (Lipinski definition) is 1. The van der Waals surface area contributed by atoms with Gasteiger partial charge in [0.15, 0.2) is 0 Å². The summed E-state index contributed by atoms with van der Waals surface area (Å²) >= 11 is 0. The lowest BCUT2D eigenvalue weighted by atomic mass is 9.70. The van der Waals surface area contributed by atoms with Crippen molar-refractivity contribution in [1.29, 1.82) is 0 Å². The van der Waals surface area contributed by atoms with E-state index in [9.17, 15) is 9.18 Å². The maximum Gasteiger partial charge on any atom is 0.307 e. The lowest BCUT2D eigenvalue weighted by Crippen LogP contribution is -2.31. The Bertz CT molecular complexity index is 417. The van der Waals surface area contributed by atoms with Crippen molar-refractivity contribution in [2.45, 2.75) is 18.8 Å². The van der Waals surface area contributed by atoms with Crippen LogP contribution in [0.2, 0.25) is 0 Å². The molecule has 0 amide bonds. The Morgan fingerprint density at radius 3 is 2.75 bits per heavy atom. The van der Waals surface area contributed by atoms with Gasteiger partial charge in [-0.15, -0.1) is 0 Å². The molecule has 3 nitrogen and oxygen atoms in total. The minimum atomic E-state index is -0.817. The van der Waals surface area contributed by atoms with Crippen LogP contribution in [0.5, 0.6) is 5.75 Å². The molecule has 16 heavy (non-hydrogen) atoms. The summed E-state index contributed by atoms with van der Waals surface area (Å²) in [7, 11) is 1.51. The van der Waals surface area contributed by atoms with E-state index in [1.807, 2.05) is 0 Å². The second kappa shape index (κ2) is 4.12. The van der Waals surface area contributed by atoms with E-state index in [1.54, 1.807) is 6.07 Å². The quantitative estimate of drug-likeness (QED) is 0.857. The highest BCUT2D eigenvalue weighted by molar-refractivity contribution is 5.73. The molecule has 1 N–H and O–H groups in total. The van der Waals surface area contributed by atoms with Crippen LogP contribution >= 0.6 is 0 Å². The molecular formula is C12H13FO3. The number of rotatable bonds is 3. The van der Waals surface area contributed by atoms with E-state index in [0.717, 1.165) is 6.42 Å². The summed E-state index contributed by atoms with van der Waals surface area (Å²) in [5.74, 6) is -1.13. The maximum atomic E-state index is 13.1. The van der Waals surface area contributed by atoms with Gasteiger partial charge in [-0.1, -0.05) is 0 Å². The first kappa shape index (κ1) is 10.9. The predicted octanol–water partition coefficient (Wildman–Crippen LogP) is 2.41. The molecule has 1 fully saturated rings. The van der Waals surface area contributed by atoms with Crippen LogP contribution in [-0.2, 0) is 4.79 Å². The van der Waals surface area contributed by atoms with Crippen LogP contribution in [0.25, 0.3) is 0 Å². The van der Waals surface area contributed by atoms with E-state index in [4.69, 9.17) is 9.84 Å². The molecule has 1 aromatic rings. The highest BCUT2D eigenvalue weighted by Gasteiger charge is 2.39. The molecule has 0 bridgehead atoms. The van der Waals surface area contributed by atoms with Gasteiger partial charge in [0.1, 0.15) is 11.6 Å². The van der Waals surface area contributed by atoms with Crippen molar-refractivity contribution in [3.8, 4) is 5.75 Å². The molecule has 1 aromatic carbocycles. The topological polar surface area (TPSA) is 46.5 Å². The van der Waals surface area contributed by atoms with Crippen molar-refractivity contribution >= 4 is 5.97 Å². The van der Waals surface area contributed by atoms with Crippen LogP contribution in [0.4, 0.5) is 4.39 Å². The molecule has 2 atom stereocenters. The molecule has 2 rings (SSSR count). The standard InChI is InChI=1S/C12H13FO3/c1-16-11-5-2-7(13)6-10(11)8-3-4-9(8)12(14)15/h2,5-6,8-9H,3-4H2,1H3,(H,14,15). The first-order valence-electron chi connectivity index (χ1n) is 5.19. The Balaban J connectivity index is 2.32. The minimum Gasteiger partial charge on any atom is -0.496 e. The average molecular weight is 224 g/mol. The van der Waals surface area contributed by atoms with E-state index < -0.39 is 11.9 Å². The van der Waals surface area contributed by atoms with Crippen molar-refractivity contribution < 1.29 is 19.0 Å². The van der Waals surface area contributed by atoms with E-state index in [0.29, 0.717) is 17.7 Å². The summed E-state index contributed by atoms with van der Waals surface area (Å²) in [5, 5.41) is 8.96. The zero-order valence-electron chi connectivity index (χ0n) is 8.94. The van der Waals surface area contributed by atoms with Gasteiger partial charge in [-0.25, -0.2) is 4.39 Å². The molecule has 4 heteroatoms. The van der Waals surface area contributed by atoms with Crippen molar-refractivity contribution in [2.24, 2.45) is 5.92 Å². The minimum absolute atomic E-state index is 0.122. The van der Waals surface area contributed by atoms with E-state index in [-0.39, 0.29) is 11.7 Å². The monoisotopic (exact) mass is 224 g/mol. The van der Waals surface area contributed by atoms with Crippen molar-refractivity contribution in [3.05, 3.63) is 29.6 Å². The maximum absolute atomic E-state index is 13.1. The van der Waals surface area contributed by atoms with E-state index in [1.165, 1.54) is 19.2 Å². The van der Waals surface area contributed by atoms with Crippen molar-refractivity contribution in [3.63, 3.8) is 0 Å². The SMILES string of the molecule is COc1ccc(F)cc1C1CCC1C(=O)O. The molecule has 0 aliphatic heterocycles. The van der Waals surface area contributed by atoms with Gasteiger partial charge >= 0.3 is 5.97 Å². The Hall–Kier alpha value is -1.58. The molecule has 0 heterocycles. The number of carbonyl (C=O) groups is 1. The largest absolute Gasteiger partial charge is 0.496 e. The molecule has 0 aromatic heterocycles. The average Bonchev–Trinajstić information content (AvgIpc) is 2.15. The van der Waals surface area contributed by atoms with Gasteiger partial charge < -0.3 is 9.84 Å². The zero-order chi connectivity index (χ0) is 11.7. The second-order valence-corrected chi connectivity index (χ2v) is 4.01. The van der Waals surface area contributed by atoms with Crippen molar-refractivity contribution in [2.75, 3.05) is 7.11 Å². The summed E-state index contributed by atoms with van der Waals surface area (Å²) in [6.45, 7) is 0. The number of halogens is 1. The van der Waals surface area contributed by atoms with Gasteiger partial charge in [-0.3, -0.25) is 4.79 Å². The third kappa shape index (κ3) is 1.75.